The maximum Gasteiger partial charge on any atom is 0.408 e. The van der Waals surface area contributed by atoms with Gasteiger partial charge in [0, 0.05) is 0 Å². The first-order valence-electron chi connectivity index (χ1n) is 3.06. The number of amides is 1. The lowest BCUT2D eigenvalue weighted by Gasteiger charge is -2.07. The van der Waals surface area contributed by atoms with Crippen LogP contribution in [0.25, 0.3) is 0 Å². The summed E-state index contributed by atoms with van der Waals surface area (Å²) in [5.74, 6) is 2.51. The summed E-state index contributed by atoms with van der Waals surface area (Å²) in [6.45, 7) is 0. The number of ether oxygens (including phenoxy) is 1. The Morgan fingerprint density at radius 1 is 1.80 bits per heavy atom. The van der Waals surface area contributed by atoms with E-state index in [0.29, 0.717) is 0 Å². The first-order chi connectivity index (χ1) is 4.72. The molecule has 54 valence electrons. The third-order valence-electron chi connectivity index (χ3n) is 1.55. The number of nitrogens with one attached hydrogen (secondary N) is 1. The van der Waals surface area contributed by atoms with Gasteiger partial charge in [0.2, 0.25) is 0 Å². The van der Waals surface area contributed by atoms with E-state index < -0.39 is 6.09 Å². The topological polar surface area (TPSA) is 38.3 Å². The molecule has 0 heterocycles. The molecule has 1 fully saturated rings. The van der Waals surface area contributed by atoms with E-state index >= 15 is 0 Å². The van der Waals surface area contributed by atoms with Crippen molar-refractivity contribution in [3.63, 3.8) is 0 Å². The highest BCUT2D eigenvalue weighted by atomic mass is 16.5. The van der Waals surface area contributed by atoms with Gasteiger partial charge < -0.3 is 10.1 Å². The quantitative estimate of drug-likeness (QED) is 0.537. The molecule has 0 atom stereocenters. The molecular weight excluding hydrogens is 130 g/mol. The zero-order valence-corrected chi connectivity index (χ0v) is 5.81. The molecule has 3 heteroatoms. The van der Waals surface area contributed by atoms with Gasteiger partial charge in [0.05, 0.1) is 7.11 Å². The Bertz CT molecular complexity index is 188. The third-order valence-corrected chi connectivity index (χ3v) is 1.55. The van der Waals surface area contributed by atoms with Crippen LogP contribution in [0.5, 0.6) is 0 Å². The molecule has 0 unspecified atom stereocenters. The molecule has 1 amide bonds. The normalized spacial score (nSPS) is 18.8. The highest BCUT2D eigenvalue weighted by molar-refractivity contribution is 5.69. The molecule has 0 aromatic carbocycles. The number of rotatable bonds is 1. The van der Waals surface area contributed by atoms with Crippen molar-refractivity contribution in [2.75, 3.05) is 7.11 Å². The summed E-state index contributed by atoms with van der Waals surface area (Å²) in [7, 11) is 1.32. The fourth-order valence-corrected chi connectivity index (χ4v) is 0.677. The Labute approximate surface area is 59.7 Å². The molecule has 0 saturated heterocycles. The predicted molar refractivity (Wildman–Crippen MR) is 36.3 cm³/mol. The minimum atomic E-state index is -0.449. The van der Waals surface area contributed by atoms with Gasteiger partial charge in [0.1, 0.15) is 5.54 Å². The second kappa shape index (κ2) is 2.22. The Hall–Kier alpha value is -1.17. The van der Waals surface area contributed by atoms with E-state index in [1.54, 1.807) is 0 Å². The van der Waals surface area contributed by atoms with Crippen LogP contribution in [-0.2, 0) is 4.74 Å². The molecule has 0 radical (unpaired) electrons. The number of hydrogen-bond acceptors (Lipinski definition) is 2. The zero-order valence-electron chi connectivity index (χ0n) is 5.81. The molecule has 0 aliphatic heterocycles. The number of terminal acetylenes is 1. The van der Waals surface area contributed by atoms with Crippen molar-refractivity contribution in [3.05, 3.63) is 0 Å². The van der Waals surface area contributed by atoms with Gasteiger partial charge in [-0.05, 0) is 12.8 Å². The van der Waals surface area contributed by atoms with Crippen molar-refractivity contribution in [1.29, 1.82) is 0 Å². The average Bonchev–Trinajstić information content (AvgIpc) is 2.70. The van der Waals surface area contributed by atoms with Gasteiger partial charge in [-0.1, -0.05) is 5.92 Å². The van der Waals surface area contributed by atoms with Gasteiger partial charge in [-0.2, -0.15) is 0 Å². The minimum absolute atomic E-state index is 0.382. The Balaban J connectivity index is 2.40. The molecule has 0 aromatic rings. The molecule has 0 spiro atoms. The number of methoxy groups -OCH3 is 1. The van der Waals surface area contributed by atoms with Crippen LogP contribution < -0.4 is 5.32 Å². The maximum absolute atomic E-state index is 10.6. The van der Waals surface area contributed by atoms with Crippen LogP contribution in [0.15, 0.2) is 0 Å². The zero-order chi connectivity index (χ0) is 7.61. The minimum Gasteiger partial charge on any atom is -0.453 e. The van der Waals surface area contributed by atoms with E-state index in [1.807, 2.05) is 0 Å². The van der Waals surface area contributed by atoms with E-state index in [9.17, 15) is 4.79 Å². The summed E-state index contributed by atoms with van der Waals surface area (Å²) in [5.41, 5.74) is -0.382. The van der Waals surface area contributed by atoms with E-state index in [2.05, 4.69) is 16.0 Å². The smallest absolute Gasteiger partial charge is 0.408 e. The Morgan fingerprint density at radius 2 is 2.40 bits per heavy atom. The Kier molecular flexibility index (Phi) is 1.54. The summed E-state index contributed by atoms with van der Waals surface area (Å²) in [4.78, 5) is 10.6. The summed E-state index contributed by atoms with van der Waals surface area (Å²) in [5, 5.41) is 2.57. The molecule has 0 aromatic heterocycles. The third kappa shape index (κ3) is 1.21. The second-order valence-electron chi connectivity index (χ2n) is 2.34. The highest BCUT2D eigenvalue weighted by Gasteiger charge is 2.42. The van der Waals surface area contributed by atoms with Crippen LogP contribution in [-0.4, -0.2) is 18.7 Å². The molecule has 1 N–H and O–H groups in total. The molecular formula is C7H9NO2. The lowest BCUT2D eigenvalue weighted by Crippen LogP contribution is -2.35. The SMILES string of the molecule is C#CC1(NC(=O)OC)CC1. The van der Waals surface area contributed by atoms with Crippen LogP contribution in [0.3, 0.4) is 0 Å². The van der Waals surface area contributed by atoms with Crippen molar-refractivity contribution in [2.45, 2.75) is 18.4 Å². The van der Waals surface area contributed by atoms with Gasteiger partial charge in [-0.25, -0.2) is 4.79 Å². The number of alkyl carbamates (subject to hydrolysis) is 1. The van der Waals surface area contributed by atoms with Crippen molar-refractivity contribution in [1.82, 2.24) is 5.32 Å². The summed E-state index contributed by atoms with van der Waals surface area (Å²) in [6.07, 6.45) is 6.42. The lowest BCUT2D eigenvalue weighted by molar-refractivity contribution is 0.168. The standard InChI is InChI=1S/C7H9NO2/c1-3-7(4-5-7)8-6(9)10-2/h1H,4-5H2,2H3,(H,8,9). The van der Waals surface area contributed by atoms with Crippen LogP contribution >= 0.6 is 0 Å². The largest absolute Gasteiger partial charge is 0.453 e. The monoisotopic (exact) mass is 139 g/mol. The molecule has 1 rings (SSSR count). The van der Waals surface area contributed by atoms with Gasteiger partial charge >= 0.3 is 6.09 Å². The van der Waals surface area contributed by atoms with Crippen molar-refractivity contribution in [3.8, 4) is 12.3 Å². The lowest BCUT2D eigenvalue weighted by atomic mass is 10.3. The summed E-state index contributed by atoms with van der Waals surface area (Å²) < 4.78 is 4.38. The van der Waals surface area contributed by atoms with E-state index in [-0.39, 0.29) is 5.54 Å². The molecule has 1 saturated carbocycles. The van der Waals surface area contributed by atoms with Gasteiger partial charge in [-0.3, -0.25) is 0 Å². The second-order valence-corrected chi connectivity index (χ2v) is 2.34. The van der Waals surface area contributed by atoms with Gasteiger partial charge in [0.25, 0.3) is 0 Å². The Morgan fingerprint density at radius 3 is 2.70 bits per heavy atom. The highest BCUT2D eigenvalue weighted by Crippen LogP contribution is 2.34. The fraction of sp³-hybridized carbons (Fsp3) is 0.571. The number of carbonyl (C=O) groups is 1. The molecule has 0 bridgehead atoms. The van der Waals surface area contributed by atoms with Crippen molar-refractivity contribution < 1.29 is 9.53 Å². The number of hydrogen-bond donors (Lipinski definition) is 1. The van der Waals surface area contributed by atoms with Crippen molar-refractivity contribution >= 4 is 6.09 Å². The predicted octanol–water partition coefficient (Wildman–Crippen LogP) is 0.508. The van der Waals surface area contributed by atoms with Gasteiger partial charge in [0.15, 0.2) is 0 Å². The van der Waals surface area contributed by atoms with Crippen molar-refractivity contribution in [2.24, 2.45) is 0 Å². The molecule has 10 heavy (non-hydrogen) atoms. The summed E-state index contributed by atoms with van der Waals surface area (Å²) >= 11 is 0. The first-order valence-corrected chi connectivity index (χ1v) is 3.06. The first kappa shape index (κ1) is 6.94. The van der Waals surface area contributed by atoms with E-state index in [0.717, 1.165) is 12.8 Å². The van der Waals surface area contributed by atoms with Crippen LogP contribution in [0.4, 0.5) is 4.79 Å². The maximum atomic E-state index is 10.6. The van der Waals surface area contributed by atoms with E-state index in [4.69, 9.17) is 6.42 Å². The summed E-state index contributed by atoms with van der Waals surface area (Å²) in [6, 6.07) is 0. The number of carbonyl (C=O) groups excluding carboxylic acids is 1. The van der Waals surface area contributed by atoms with Crippen LogP contribution in [0, 0.1) is 12.3 Å². The molecule has 3 nitrogen and oxygen atoms in total. The molecule has 1 aliphatic carbocycles. The van der Waals surface area contributed by atoms with Crippen LogP contribution in [0.2, 0.25) is 0 Å². The average molecular weight is 139 g/mol. The van der Waals surface area contributed by atoms with Gasteiger partial charge in [-0.15, -0.1) is 6.42 Å². The fourth-order valence-electron chi connectivity index (χ4n) is 0.677. The van der Waals surface area contributed by atoms with E-state index in [1.165, 1.54) is 7.11 Å². The molecule has 1 aliphatic rings. The van der Waals surface area contributed by atoms with Crippen LogP contribution in [0.1, 0.15) is 12.8 Å².